The fraction of sp³-hybridized carbons (Fsp3) is 0.917. The first-order valence-electron chi connectivity index (χ1n) is 6.27. The highest BCUT2D eigenvalue weighted by molar-refractivity contribution is 6.67. The Bertz CT molecular complexity index is 208. The smallest absolute Gasteiger partial charge is 0.337 e. The lowest BCUT2D eigenvalue weighted by molar-refractivity contribution is -0.121. The molecule has 0 spiro atoms. The monoisotopic (exact) mass is 244 g/mol. The van der Waals surface area contributed by atoms with E-state index in [9.17, 15) is 4.79 Å². The number of rotatable bonds is 6. The summed E-state index contributed by atoms with van der Waals surface area (Å²) in [5.41, 5.74) is 0. The van der Waals surface area contributed by atoms with Crippen molar-refractivity contribution in [1.82, 2.24) is 0 Å². The van der Waals surface area contributed by atoms with Gasteiger partial charge in [0.1, 0.15) is 5.78 Å². The quantitative estimate of drug-likeness (QED) is 0.674. The normalized spacial score (nSPS) is 19.1. The molecule has 0 aromatic carbocycles. The highest BCUT2D eigenvalue weighted by Crippen LogP contribution is 2.29. The van der Waals surface area contributed by atoms with Crippen molar-refractivity contribution in [2.75, 3.05) is 14.2 Å². The van der Waals surface area contributed by atoms with Gasteiger partial charge in [-0.2, -0.15) is 0 Å². The van der Waals surface area contributed by atoms with Crippen LogP contribution in [-0.2, 0) is 13.6 Å². The van der Waals surface area contributed by atoms with Gasteiger partial charge in [-0.15, -0.1) is 0 Å². The fourth-order valence-corrected chi connectivity index (χ4v) is 4.82. The molecule has 3 nitrogen and oxygen atoms in total. The average molecular weight is 244 g/mol. The number of hydrogen-bond donors (Lipinski definition) is 0. The zero-order chi connectivity index (χ0) is 12.0. The Balaban J connectivity index is 2.34. The van der Waals surface area contributed by atoms with Gasteiger partial charge in [0.15, 0.2) is 0 Å². The third kappa shape index (κ3) is 3.68. The summed E-state index contributed by atoms with van der Waals surface area (Å²) in [6.45, 7) is 2.14. The predicted octanol–water partition coefficient (Wildman–Crippen LogP) is 2.89. The molecule has 1 rings (SSSR count). The number of carbonyl (C=O) groups is 1. The molecule has 0 radical (unpaired) electrons. The van der Waals surface area contributed by atoms with Crippen LogP contribution in [0.5, 0.6) is 0 Å². The average Bonchev–Trinajstić information content (AvgIpc) is 2.34. The second kappa shape index (κ2) is 6.52. The summed E-state index contributed by atoms with van der Waals surface area (Å²) in [6.07, 6.45) is 4.87. The van der Waals surface area contributed by atoms with Gasteiger partial charge >= 0.3 is 8.56 Å². The van der Waals surface area contributed by atoms with E-state index >= 15 is 0 Å². The first kappa shape index (κ1) is 13.9. The van der Waals surface area contributed by atoms with Crippen LogP contribution in [0.15, 0.2) is 0 Å². The van der Waals surface area contributed by atoms with Gasteiger partial charge < -0.3 is 8.85 Å². The van der Waals surface area contributed by atoms with Crippen LogP contribution in [-0.4, -0.2) is 28.6 Å². The Hall–Kier alpha value is -0.193. The van der Waals surface area contributed by atoms with E-state index in [1.165, 1.54) is 0 Å². The van der Waals surface area contributed by atoms with Crippen LogP contribution >= 0.6 is 0 Å². The van der Waals surface area contributed by atoms with Crippen LogP contribution < -0.4 is 0 Å². The summed E-state index contributed by atoms with van der Waals surface area (Å²) < 4.78 is 11.2. The molecule has 4 heteroatoms. The van der Waals surface area contributed by atoms with Crippen molar-refractivity contribution >= 4 is 14.3 Å². The van der Waals surface area contributed by atoms with Gasteiger partial charge in [-0.05, 0) is 37.3 Å². The summed E-state index contributed by atoms with van der Waals surface area (Å²) in [5.74, 6) is 1.15. The van der Waals surface area contributed by atoms with E-state index in [-0.39, 0.29) is 0 Å². The molecule has 0 atom stereocenters. The minimum atomic E-state index is -1.90. The van der Waals surface area contributed by atoms with Gasteiger partial charge in [0.05, 0.1) is 0 Å². The molecule has 0 bridgehead atoms. The molecule has 0 N–H and O–H groups in total. The summed E-state index contributed by atoms with van der Waals surface area (Å²) in [4.78, 5) is 11.1. The molecule has 0 aromatic rings. The first-order chi connectivity index (χ1) is 7.65. The summed E-state index contributed by atoms with van der Waals surface area (Å²) >= 11 is 0. The molecular formula is C12H24O3Si. The van der Waals surface area contributed by atoms with Gasteiger partial charge in [-0.3, -0.25) is 4.79 Å². The van der Waals surface area contributed by atoms with Crippen molar-refractivity contribution in [1.29, 1.82) is 0 Å². The molecule has 94 valence electrons. The topological polar surface area (TPSA) is 35.5 Å². The van der Waals surface area contributed by atoms with E-state index in [1.54, 1.807) is 14.2 Å². The zero-order valence-corrected chi connectivity index (χ0v) is 11.8. The standard InChI is InChI=1S/C12H24O3Si/c1-4-16(14-2,15-3)10-9-11-5-7-12(13)8-6-11/h11H,4-10H2,1-3H3. The fourth-order valence-electron chi connectivity index (χ4n) is 2.47. The van der Waals surface area contributed by atoms with Crippen molar-refractivity contribution in [3.05, 3.63) is 0 Å². The van der Waals surface area contributed by atoms with Crippen LogP contribution in [0, 0.1) is 5.92 Å². The van der Waals surface area contributed by atoms with Crippen LogP contribution in [0.2, 0.25) is 12.1 Å². The maximum atomic E-state index is 11.1. The van der Waals surface area contributed by atoms with E-state index < -0.39 is 8.56 Å². The van der Waals surface area contributed by atoms with Crippen LogP contribution in [0.3, 0.4) is 0 Å². The van der Waals surface area contributed by atoms with Crippen molar-refractivity contribution in [3.63, 3.8) is 0 Å². The van der Waals surface area contributed by atoms with Gasteiger partial charge in [0.2, 0.25) is 0 Å². The van der Waals surface area contributed by atoms with Crippen molar-refractivity contribution in [2.45, 2.75) is 51.1 Å². The Kier molecular flexibility index (Phi) is 5.65. The lowest BCUT2D eigenvalue weighted by Crippen LogP contribution is -2.39. The molecule has 1 aliphatic rings. The molecule has 0 aromatic heterocycles. The van der Waals surface area contributed by atoms with E-state index in [0.29, 0.717) is 11.7 Å². The molecule has 0 saturated heterocycles. The molecule has 0 amide bonds. The van der Waals surface area contributed by atoms with E-state index in [1.807, 2.05) is 0 Å². The highest BCUT2D eigenvalue weighted by Gasteiger charge is 2.34. The van der Waals surface area contributed by atoms with Gasteiger partial charge in [-0.25, -0.2) is 0 Å². The maximum absolute atomic E-state index is 11.1. The third-order valence-corrected chi connectivity index (χ3v) is 7.49. The highest BCUT2D eigenvalue weighted by atomic mass is 28.4. The molecule has 16 heavy (non-hydrogen) atoms. The zero-order valence-electron chi connectivity index (χ0n) is 10.8. The maximum Gasteiger partial charge on any atom is 0.337 e. The SMILES string of the molecule is CC[Si](CCC1CCC(=O)CC1)(OC)OC. The Morgan fingerprint density at radius 2 is 1.81 bits per heavy atom. The minimum absolute atomic E-state index is 0.439. The van der Waals surface area contributed by atoms with E-state index in [4.69, 9.17) is 8.85 Å². The molecule has 1 saturated carbocycles. The van der Waals surface area contributed by atoms with E-state index in [2.05, 4.69) is 6.92 Å². The number of ketones is 1. The summed E-state index contributed by atoms with van der Waals surface area (Å²) in [5, 5.41) is 0. The number of hydrogen-bond acceptors (Lipinski definition) is 3. The Morgan fingerprint density at radius 1 is 1.25 bits per heavy atom. The Morgan fingerprint density at radius 3 is 2.25 bits per heavy atom. The van der Waals surface area contributed by atoms with Crippen molar-refractivity contribution in [2.24, 2.45) is 5.92 Å². The predicted molar refractivity (Wildman–Crippen MR) is 66.6 cm³/mol. The number of Topliss-reactive ketones (excluding diaryl/α,β-unsaturated/α-hetero) is 1. The first-order valence-corrected chi connectivity index (χ1v) is 8.51. The van der Waals surface area contributed by atoms with Gasteiger partial charge in [0.25, 0.3) is 0 Å². The molecule has 0 heterocycles. The number of carbonyl (C=O) groups excluding carboxylic acids is 1. The Labute approximate surface area is 99.8 Å². The third-order valence-electron chi connectivity index (χ3n) is 3.88. The van der Waals surface area contributed by atoms with Crippen LogP contribution in [0.25, 0.3) is 0 Å². The lowest BCUT2D eigenvalue weighted by atomic mass is 9.87. The van der Waals surface area contributed by atoms with Crippen molar-refractivity contribution in [3.8, 4) is 0 Å². The van der Waals surface area contributed by atoms with Crippen LogP contribution in [0.4, 0.5) is 0 Å². The van der Waals surface area contributed by atoms with E-state index in [0.717, 1.165) is 44.2 Å². The summed E-state index contributed by atoms with van der Waals surface area (Å²) in [6, 6.07) is 2.07. The molecule has 1 fully saturated rings. The molecule has 1 aliphatic carbocycles. The molecule has 0 unspecified atom stereocenters. The van der Waals surface area contributed by atoms with Crippen LogP contribution in [0.1, 0.15) is 39.0 Å². The largest absolute Gasteiger partial charge is 0.398 e. The second-order valence-electron chi connectivity index (χ2n) is 4.69. The molecular weight excluding hydrogens is 220 g/mol. The lowest BCUT2D eigenvalue weighted by Gasteiger charge is -2.29. The van der Waals surface area contributed by atoms with Gasteiger partial charge in [0, 0.05) is 27.1 Å². The summed E-state index contributed by atoms with van der Waals surface area (Å²) in [7, 11) is 1.63. The minimum Gasteiger partial charge on any atom is -0.398 e. The van der Waals surface area contributed by atoms with Crippen molar-refractivity contribution < 1.29 is 13.6 Å². The second-order valence-corrected chi connectivity index (χ2v) is 8.54. The van der Waals surface area contributed by atoms with Gasteiger partial charge in [-0.1, -0.05) is 6.92 Å². The molecule has 0 aliphatic heterocycles.